The number of anilines is 1. The number of amides is 1. The van der Waals surface area contributed by atoms with Crippen LogP contribution in [0.1, 0.15) is 38.2 Å². The van der Waals surface area contributed by atoms with Crippen molar-refractivity contribution in [2.24, 2.45) is 16.8 Å². The summed E-state index contributed by atoms with van der Waals surface area (Å²) in [6.45, 7) is 6.20. The molecule has 2 fully saturated rings. The fourth-order valence-corrected chi connectivity index (χ4v) is 4.23. The Morgan fingerprint density at radius 1 is 1.25 bits per heavy atom. The number of hydrogen-bond donors (Lipinski definition) is 2. The predicted molar refractivity (Wildman–Crippen MR) is 116 cm³/mol. The highest BCUT2D eigenvalue weighted by Gasteiger charge is 2.20. The van der Waals surface area contributed by atoms with Crippen molar-refractivity contribution in [3.05, 3.63) is 29.8 Å². The van der Waals surface area contributed by atoms with Gasteiger partial charge in [0.1, 0.15) is 0 Å². The van der Waals surface area contributed by atoms with Gasteiger partial charge in [0.05, 0.1) is 6.54 Å². The van der Waals surface area contributed by atoms with Crippen LogP contribution in [0.2, 0.25) is 0 Å². The molecular weight excluding hydrogens is 350 g/mol. The summed E-state index contributed by atoms with van der Waals surface area (Å²) in [7, 11) is 3.99. The molecule has 28 heavy (non-hydrogen) atoms. The number of aliphatic imine (C=N–C) groups is 1. The van der Waals surface area contributed by atoms with Gasteiger partial charge in [0.2, 0.25) is 5.91 Å². The monoisotopic (exact) mass is 385 g/mol. The Hall–Kier alpha value is -2.24. The van der Waals surface area contributed by atoms with Gasteiger partial charge in [-0.05, 0) is 42.4 Å². The maximum Gasteiger partial charge on any atom is 0.239 e. The smallest absolute Gasteiger partial charge is 0.239 e. The molecule has 6 nitrogen and oxygen atoms in total. The first-order chi connectivity index (χ1) is 13.5. The highest BCUT2D eigenvalue weighted by molar-refractivity contribution is 5.82. The molecule has 0 spiro atoms. The van der Waals surface area contributed by atoms with Gasteiger partial charge in [0.25, 0.3) is 0 Å². The second-order valence-corrected chi connectivity index (χ2v) is 8.35. The third-order valence-corrected chi connectivity index (χ3v) is 6.03. The lowest BCUT2D eigenvalue weighted by atomic mass is 9.83. The standard InChI is InChI=1S/C22H35N5O/c1-17-4-6-19(7-5-17)15-26(3)22(23-2)25-14-18-8-10-20(11-9-18)27-13-12-24-21(28)16-27/h8-11,17,19H,4-7,12-16H2,1-3H3,(H,23,25)(H,24,28). The minimum atomic E-state index is 0.0938. The fraction of sp³-hybridized carbons (Fsp3) is 0.636. The number of benzene rings is 1. The fourth-order valence-electron chi connectivity index (χ4n) is 4.23. The van der Waals surface area contributed by atoms with Crippen molar-refractivity contribution in [1.82, 2.24) is 15.5 Å². The van der Waals surface area contributed by atoms with E-state index in [2.05, 4.69) is 63.7 Å². The van der Waals surface area contributed by atoms with Gasteiger partial charge in [-0.1, -0.05) is 31.9 Å². The van der Waals surface area contributed by atoms with Crippen LogP contribution in [0.25, 0.3) is 0 Å². The zero-order valence-electron chi connectivity index (χ0n) is 17.6. The topological polar surface area (TPSA) is 60.0 Å². The largest absolute Gasteiger partial charge is 0.360 e. The van der Waals surface area contributed by atoms with Crippen molar-refractivity contribution in [3.8, 4) is 0 Å². The normalized spacial score (nSPS) is 23.3. The van der Waals surface area contributed by atoms with E-state index in [0.717, 1.165) is 43.1 Å². The molecule has 6 heteroatoms. The van der Waals surface area contributed by atoms with Crippen LogP contribution >= 0.6 is 0 Å². The van der Waals surface area contributed by atoms with E-state index in [1.165, 1.54) is 31.2 Å². The minimum Gasteiger partial charge on any atom is -0.360 e. The lowest BCUT2D eigenvalue weighted by Gasteiger charge is -2.31. The van der Waals surface area contributed by atoms with E-state index in [1.807, 2.05) is 7.05 Å². The van der Waals surface area contributed by atoms with Gasteiger partial charge in [-0.3, -0.25) is 9.79 Å². The molecule has 1 amide bonds. The van der Waals surface area contributed by atoms with Crippen LogP contribution < -0.4 is 15.5 Å². The highest BCUT2D eigenvalue weighted by atomic mass is 16.2. The van der Waals surface area contributed by atoms with Crippen LogP contribution in [0.15, 0.2) is 29.3 Å². The number of carbonyl (C=O) groups is 1. The number of nitrogens with zero attached hydrogens (tertiary/aromatic N) is 3. The summed E-state index contributed by atoms with van der Waals surface area (Å²) in [5.41, 5.74) is 2.32. The van der Waals surface area contributed by atoms with Gasteiger partial charge in [-0.25, -0.2) is 0 Å². The highest BCUT2D eigenvalue weighted by Crippen LogP contribution is 2.28. The molecule has 1 aliphatic heterocycles. The van der Waals surface area contributed by atoms with E-state index in [0.29, 0.717) is 13.1 Å². The number of carbonyl (C=O) groups excluding carboxylic acids is 1. The molecule has 154 valence electrons. The van der Waals surface area contributed by atoms with E-state index < -0.39 is 0 Å². The number of guanidine groups is 1. The van der Waals surface area contributed by atoms with Crippen molar-refractivity contribution in [3.63, 3.8) is 0 Å². The summed E-state index contributed by atoms with van der Waals surface area (Å²) in [6.07, 6.45) is 5.38. The molecule has 3 rings (SSSR count). The Bertz CT molecular complexity index is 664. The SMILES string of the molecule is CN=C(NCc1ccc(N2CCNC(=O)C2)cc1)N(C)CC1CCC(C)CC1. The van der Waals surface area contributed by atoms with Crippen LogP contribution in [0.3, 0.4) is 0 Å². The molecule has 0 unspecified atom stereocenters. The van der Waals surface area contributed by atoms with Gasteiger partial charge >= 0.3 is 0 Å². The van der Waals surface area contributed by atoms with Crippen molar-refractivity contribution in [2.45, 2.75) is 39.2 Å². The number of rotatable bonds is 5. The van der Waals surface area contributed by atoms with Crippen molar-refractivity contribution < 1.29 is 4.79 Å². The first kappa shape index (κ1) is 20.5. The van der Waals surface area contributed by atoms with E-state index >= 15 is 0 Å². The predicted octanol–water partition coefficient (Wildman–Crippen LogP) is 2.46. The average molecular weight is 386 g/mol. The molecule has 2 aliphatic rings. The maximum atomic E-state index is 11.6. The third-order valence-electron chi connectivity index (χ3n) is 6.03. The minimum absolute atomic E-state index is 0.0938. The van der Waals surface area contributed by atoms with Gasteiger partial charge in [0.15, 0.2) is 5.96 Å². The van der Waals surface area contributed by atoms with Crippen molar-refractivity contribution in [1.29, 1.82) is 0 Å². The molecule has 1 saturated heterocycles. The van der Waals surface area contributed by atoms with Gasteiger partial charge in [-0.2, -0.15) is 0 Å². The molecule has 0 radical (unpaired) electrons. The molecule has 1 heterocycles. The van der Waals surface area contributed by atoms with E-state index in [4.69, 9.17) is 0 Å². The van der Waals surface area contributed by atoms with Gasteiger partial charge in [-0.15, -0.1) is 0 Å². The average Bonchev–Trinajstić information content (AvgIpc) is 2.71. The lowest BCUT2D eigenvalue weighted by molar-refractivity contribution is -0.120. The van der Waals surface area contributed by atoms with Crippen LogP contribution in [0, 0.1) is 11.8 Å². The van der Waals surface area contributed by atoms with Crippen molar-refractivity contribution >= 4 is 17.6 Å². The molecule has 2 N–H and O–H groups in total. The second-order valence-electron chi connectivity index (χ2n) is 8.35. The molecule has 0 atom stereocenters. The van der Waals surface area contributed by atoms with E-state index in [-0.39, 0.29) is 5.91 Å². The second kappa shape index (κ2) is 9.80. The molecule has 1 aliphatic carbocycles. The summed E-state index contributed by atoms with van der Waals surface area (Å²) in [4.78, 5) is 20.4. The van der Waals surface area contributed by atoms with Crippen LogP contribution in [-0.2, 0) is 11.3 Å². The Morgan fingerprint density at radius 3 is 2.61 bits per heavy atom. The van der Waals surface area contributed by atoms with Gasteiger partial charge in [0, 0.05) is 46.0 Å². The molecule has 1 saturated carbocycles. The van der Waals surface area contributed by atoms with Crippen LogP contribution in [0.4, 0.5) is 5.69 Å². The van der Waals surface area contributed by atoms with Crippen molar-refractivity contribution in [2.75, 3.05) is 45.2 Å². The number of hydrogen-bond acceptors (Lipinski definition) is 3. The molecule has 0 aromatic heterocycles. The summed E-state index contributed by atoms with van der Waals surface area (Å²) in [6, 6.07) is 8.46. The Balaban J connectivity index is 1.48. The van der Waals surface area contributed by atoms with E-state index in [1.54, 1.807) is 0 Å². The summed E-state index contributed by atoms with van der Waals surface area (Å²) in [5.74, 6) is 2.72. The first-order valence-electron chi connectivity index (χ1n) is 10.6. The number of piperazine rings is 1. The lowest BCUT2D eigenvalue weighted by Crippen LogP contribution is -2.47. The Morgan fingerprint density at radius 2 is 1.96 bits per heavy atom. The molecule has 0 bridgehead atoms. The number of nitrogens with one attached hydrogen (secondary N) is 2. The zero-order chi connectivity index (χ0) is 19.9. The van der Waals surface area contributed by atoms with E-state index in [9.17, 15) is 4.79 Å². The third kappa shape index (κ3) is 5.63. The zero-order valence-corrected chi connectivity index (χ0v) is 17.6. The van der Waals surface area contributed by atoms with Crippen LogP contribution in [0.5, 0.6) is 0 Å². The Labute approximate surface area is 169 Å². The quantitative estimate of drug-likeness (QED) is 0.604. The molecule has 1 aromatic rings. The van der Waals surface area contributed by atoms with Crippen LogP contribution in [-0.4, -0.2) is 57.0 Å². The molecular formula is C22H35N5O. The Kier molecular flexibility index (Phi) is 7.18. The molecule has 1 aromatic carbocycles. The van der Waals surface area contributed by atoms with Gasteiger partial charge < -0.3 is 20.4 Å². The summed E-state index contributed by atoms with van der Waals surface area (Å²) in [5, 5.41) is 6.35. The summed E-state index contributed by atoms with van der Waals surface area (Å²) >= 11 is 0. The summed E-state index contributed by atoms with van der Waals surface area (Å²) < 4.78 is 0. The maximum absolute atomic E-state index is 11.6. The first-order valence-corrected chi connectivity index (χ1v) is 10.6.